The van der Waals surface area contributed by atoms with Crippen LogP contribution in [0, 0.1) is 0 Å². The maximum absolute atomic E-state index is 3.60. The first-order chi connectivity index (χ1) is 46.0. The molecule has 0 spiro atoms. The lowest BCUT2D eigenvalue weighted by molar-refractivity contribution is 1.52. The van der Waals surface area contributed by atoms with E-state index in [1.807, 2.05) is 30.3 Å². The predicted molar refractivity (Wildman–Crippen MR) is 397 cm³/mol. The van der Waals surface area contributed by atoms with Crippen molar-refractivity contribution in [2.45, 2.75) is 0 Å². The molecule has 0 saturated heterocycles. The Bertz CT molecular complexity index is 4490. The van der Waals surface area contributed by atoms with Crippen LogP contribution in [0.3, 0.4) is 0 Å². The van der Waals surface area contributed by atoms with Crippen LogP contribution < -0.4 is 16.0 Å². The minimum absolute atomic E-state index is 1.07. The largest absolute Gasteiger partial charge is 0.356 e. The molecule has 0 aliphatic carbocycles. The van der Waals surface area contributed by atoms with E-state index in [1.54, 1.807) is 0 Å². The van der Waals surface area contributed by atoms with Gasteiger partial charge >= 0.3 is 0 Å². The molecule has 0 heterocycles. The lowest BCUT2D eigenvalue weighted by Gasteiger charge is -2.13. The van der Waals surface area contributed by atoms with Crippen LogP contribution in [0.15, 0.2) is 400 Å². The summed E-state index contributed by atoms with van der Waals surface area (Å²) in [7, 11) is 0. The molecular weight excluding hydrogens is 1120 g/mol. The van der Waals surface area contributed by atoms with Crippen molar-refractivity contribution >= 4 is 34.1 Å². The average molecular weight is 1190 g/mol. The number of hydrogen-bond acceptors (Lipinski definition) is 3. The number of hydrogen-bond donors (Lipinski definition) is 3. The predicted octanol–water partition coefficient (Wildman–Crippen LogP) is 25.3. The van der Waals surface area contributed by atoms with E-state index in [4.69, 9.17) is 0 Å². The van der Waals surface area contributed by atoms with Crippen molar-refractivity contribution in [3.63, 3.8) is 0 Å². The molecule has 3 N–H and O–H groups in total. The normalized spacial score (nSPS) is 10.6. The summed E-state index contributed by atoms with van der Waals surface area (Å²) in [5.74, 6) is 0. The van der Waals surface area contributed by atoms with Gasteiger partial charge in [0.25, 0.3) is 0 Å². The zero-order valence-electron chi connectivity index (χ0n) is 51.6. The molecule has 0 bridgehead atoms. The van der Waals surface area contributed by atoms with Crippen molar-refractivity contribution in [2.24, 2.45) is 0 Å². The summed E-state index contributed by atoms with van der Waals surface area (Å²) in [6.07, 6.45) is 0. The summed E-state index contributed by atoms with van der Waals surface area (Å²) in [5.41, 5.74) is 28.4. The van der Waals surface area contributed by atoms with Gasteiger partial charge in [-0.3, -0.25) is 0 Å². The highest BCUT2D eigenvalue weighted by atomic mass is 14.9. The van der Waals surface area contributed by atoms with E-state index >= 15 is 0 Å². The van der Waals surface area contributed by atoms with Gasteiger partial charge in [-0.2, -0.15) is 0 Å². The Morgan fingerprint density at radius 2 is 0.269 bits per heavy atom. The fraction of sp³-hybridized carbons (Fsp3) is 0. The van der Waals surface area contributed by atoms with Gasteiger partial charge in [0.2, 0.25) is 0 Å². The molecule has 0 aromatic heterocycles. The van der Waals surface area contributed by atoms with Crippen LogP contribution in [0.5, 0.6) is 0 Å². The summed E-state index contributed by atoms with van der Waals surface area (Å²) in [6, 6.07) is 140. The van der Waals surface area contributed by atoms with Crippen molar-refractivity contribution in [2.75, 3.05) is 16.0 Å². The second-order valence-corrected chi connectivity index (χ2v) is 22.8. The van der Waals surface area contributed by atoms with E-state index in [9.17, 15) is 0 Å². The fourth-order valence-electron chi connectivity index (χ4n) is 11.4. The van der Waals surface area contributed by atoms with Crippen LogP contribution in [0.25, 0.3) is 100 Å². The number of nitrogens with one attached hydrogen (secondary N) is 3. The number of rotatable bonds is 15. The first kappa shape index (κ1) is 59.7. The third-order valence-electron chi connectivity index (χ3n) is 16.4. The minimum Gasteiger partial charge on any atom is -0.356 e. The van der Waals surface area contributed by atoms with Crippen molar-refractivity contribution < 1.29 is 0 Å². The smallest absolute Gasteiger partial charge is 0.0396 e. The zero-order chi connectivity index (χ0) is 62.6. The maximum Gasteiger partial charge on any atom is 0.0396 e. The highest BCUT2D eigenvalue weighted by molar-refractivity contribution is 5.82. The van der Waals surface area contributed by atoms with E-state index in [0.717, 1.165) is 34.1 Å². The van der Waals surface area contributed by atoms with Gasteiger partial charge in [-0.25, -0.2) is 0 Å². The molecule has 15 aromatic carbocycles. The van der Waals surface area contributed by atoms with Crippen LogP contribution in [0.4, 0.5) is 34.1 Å². The quantitative estimate of drug-likeness (QED) is 0.0957. The standard InChI is InChI=1S/C36H27N.C30H23N.C24H19N/c1-3-7-27(8-4-1)29-11-15-31(16-12-29)33-19-23-35(24-20-33)37-36-25-21-34(22-26-36)32-17-13-30(14-18-32)28-9-5-2-6-10-28;1-4-10-23(11-5-1)26-16-18-29(19-17-26)31-30-21-27(24-12-6-2-7-13-24)20-28(22-30)25-14-8-3-9-15-25;1-3-9-19(10-4-1)21-13-7-15-23(17-21)25-24-16-8-14-22(18-24)20-11-5-2-6-12-20/h1-26,37H;1-22,31H;1-18,25H. The molecule has 0 fully saturated rings. The highest BCUT2D eigenvalue weighted by Crippen LogP contribution is 2.35. The Hall–Kier alpha value is -12.3. The molecule has 15 aromatic rings. The first-order valence-electron chi connectivity index (χ1n) is 31.6. The molecule has 0 amide bonds. The van der Waals surface area contributed by atoms with Gasteiger partial charge in [-0.1, -0.05) is 322 Å². The molecule has 0 unspecified atom stereocenters. The lowest BCUT2D eigenvalue weighted by Crippen LogP contribution is -1.92. The van der Waals surface area contributed by atoms with Gasteiger partial charge < -0.3 is 16.0 Å². The Balaban J connectivity index is 0.000000129. The third-order valence-corrected chi connectivity index (χ3v) is 16.4. The first-order valence-corrected chi connectivity index (χ1v) is 31.6. The van der Waals surface area contributed by atoms with E-state index in [-0.39, 0.29) is 0 Å². The highest BCUT2D eigenvalue weighted by Gasteiger charge is 2.09. The molecule has 0 aliphatic rings. The molecule has 15 rings (SSSR count). The van der Waals surface area contributed by atoms with Crippen LogP contribution >= 0.6 is 0 Å². The number of benzene rings is 15. The van der Waals surface area contributed by atoms with E-state index in [2.05, 4.69) is 386 Å². The Morgan fingerprint density at radius 1 is 0.0968 bits per heavy atom. The fourth-order valence-corrected chi connectivity index (χ4v) is 11.4. The molecular formula is C90H69N3. The van der Waals surface area contributed by atoms with Gasteiger partial charge in [0, 0.05) is 34.1 Å². The minimum atomic E-state index is 1.07. The van der Waals surface area contributed by atoms with Gasteiger partial charge in [0.1, 0.15) is 0 Å². The second kappa shape index (κ2) is 29.8. The van der Waals surface area contributed by atoms with Gasteiger partial charge in [-0.05, 0) is 179 Å². The van der Waals surface area contributed by atoms with Gasteiger partial charge in [0.15, 0.2) is 0 Å². The van der Waals surface area contributed by atoms with E-state index in [0.29, 0.717) is 0 Å². The van der Waals surface area contributed by atoms with Gasteiger partial charge in [0.05, 0.1) is 0 Å². The van der Waals surface area contributed by atoms with Crippen LogP contribution in [-0.2, 0) is 0 Å². The average Bonchev–Trinajstić information content (AvgIpc) is 3.81. The third kappa shape index (κ3) is 15.9. The van der Waals surface area contributed by atoms with Crippen molar-refractivity contribution in [1.29, 1.82) is 0 Å². The summed E-state index contributed by atoms with van der Waals surface area (Å²) in [5, 5.41) is 10.6. The summed E-state index contributed by atoms with van der Waals surface area (Å²) < 4.78 is 0. The van der Waals surface area contributed by atoms with E-state index in [1.165, 1.54) is 100 Å². The summed E-state index contributed by atoms with van der Waals surface area (Å²) in [6.45, 7) is 0. The molecule has 0 saturated carbocycles. The van der Waals surface area contributed by atoms with E-state index < -0.39 is 0 Å². The monoisotopic (exact) mass is 1190 g/mol. The van der Waals surface area contributed by atoms with Crippen molar-refractivity contribution in [3.8, 4) is 100 Å². The zero-order valence-corrected chi connectivity index (χ0v) is 51.6. The Morgan fingerprint density at radius 3 is 0.527 bits per heavy atom. The molecule has 93 heavy (non-hydrogen) atoms. The number of anilines is 6. The van der Waals surface area contributed by atoms with Crippen LogP contribution in [0.2, 0.25) is 0 Å². The van der Waals surface area contributed by atoms with Crippen LogP contribution in [-0.4, -0.2) is 0 Å². The van der Waals surface area contributed by atoms with Crippen molar-refractivity contribution in [3.05, 3.63) is 400 Å². The molecule has 444 valence electrons. The SMILES string of the molecule is c1ccc(-c2ccc(-c3ccc(Nc4ccc(-c5ccc(-c6ccccc6)cc5)cc4)cc3)cc2)cc1.c1ccc(-c2ccc(Nc3cc(-c4ccccc4)cc(-c4ccccc4)c3)cc2)cc1.c1ccc(-c2cccc(Nc3cccc(-c4ccccc4)c3)c2)cc1. The maximum atomic E-state index is 3.60. The molecule has 0 atom stereocenters. The molecule has 0 radical (unpaired) electrons. The summed E-state index contributed by atoms with van der Waals surface area (Å²) >= 11 is 0. The summed E-state index contributed by atoms with van der Waals surface area (Å²) in [4.78, 5) is 0. The second-order valence-electron chi connectivity index (χ2n) is 22.8. The Labute approximate surface area is 547 Å². The van der Waals surface area contributed by atoms with Crippen molar-refractivity contribution in [1.82, 2.24) is 0 Å². The molecule has 0 aliphatic heterocycles. The molecule has 3 heteroatoms. The Kier molecular flexibility index (Phi) is 19.1. The van der Waals surface area contributed by atoms with Gasteiger partial charge in [-0.15, -0.1) is 0 Å². The topological polar surface area (TPSA) is 36.1 Å². The lowest BCUT2D eigenvalue weighted by atomic mass is 9.98. The van der Waals surface area contributed by atoms with Crippen LogP contribution in [0.1, 0.15) is 0 Å². The molecule has 3 nitrogen and oxygen atoms in total.